The second-order valence-electron chi connectivity index (χ2n) is 5.87. The molecule has 1 amide bonds. The average Bonchev–Trinajstić information content (AvgIpc) is 2.71. The number of hydrazine groups is 1. The summed E-state index contributed by atoms with van der Waals surface area (Å²) in [5.74, 6) is 0.684. The number of carbonyl (C=O) groups excluding carboxylic acids is 1. The Morgan fingerprint density at radius 3 is 2.43 bits per heavy atom. The maximum atomic E-state index is 12.4. The number of benzene rings is 3. The van der Waals surface area contributed by atoms with Crippen LogP contribution in [0.1, 0.15) is 15.9 Å². The number of hydrogen-bond donors (Lipinski definition) is 2. The summed E-state index contributed by atoms with van der Waals surface area (Å²) in [6, 6.07) is 19.4. The highest BCUT2D eigenvalue weighted by Crippen LogP contribution is 2.29. The van der Waals surface area contributed by atoms with Crippen LogP contribution in [-0.4, -0.2) is 13.0 Å². The van der Waals surface area contributed by atoms with E-state index in [1.54, 1.807) is 54.6 Å². The van der Waals surface area contributed by atoms with E-state index < -0.39 is 0 Å². The maximum Gasteiger partial charge on any atom is 0.269 e. The van der Waals surface area contributed by atoms with Crippen LogP contribution in [0.15, 0.2) is 66.7 Å². The molecular formula is C21H18Cl2N2O3. The Morgan fingerprint density at radius 2 is 1.71 bits per heavy atom. The number of rotatable bonds is 7. The van der Waals surface area contributed by atoms with Crippen molar-refractivity contribution in [1.29, 1.82) is 0 Å². The van der Waals surface area contributed by atoms with Gasteiger partial charge in [0.15, 0.2) is 11.5 Å². The lowest BCUT2D eigenvalue weighted by molar-refractivity contribution is 0.0962. The number of halogens is 2. The summed E-state index contributed by atoms with van der Waals surface area (Å²) in [4.78, 5) is 12.4. The monoisotopic (exact) mass is 416 g/mol. The van der Waals surface area contributed by atoms with Crippen LogP contribution in [0.2, 0.25) is 10.0 Å². The largest absolute Gasteiger partial charge is 0.493 e. The normalized spacial score (nSPS) is 10.2. The molecule has 0 aliphatic heterocycles. The van der Waals surface area contributed by atoms with E-state index in [1.807, 2.05) is 12.1 Å². The van der Waals surface area contributed by atoms with Gasteiger partial charge in [-0.05, 0) is 54.1 Å². The summed E-state index contributed by atoms with van der Waals surface area (Å²) in [5, 5.41) is 1.24. The second-order valence-corrected chi connectivity index (χ2v) is 6.74. The molecular weight excluding hydrogens is 399 g/mol. The minimum atomic E-state index is -0.317. The van der Waals surface area contributed by atoms with Crippen molar-refractivity contribution in [2.24, 2.45) is 0 Å². The first-order valence-electron chi connectivity index (χ1n) is 8.42. The smallest absolute Gasteiger partial charge is 0.269 e. The summed E-state index contributed by atoms with van der Waals surface area (Å²) in [6.07, 6.45) is 0. The van der Waals surface area contributed by atoms with Gasteiger partial charge in [0.1, 0.15) is 6.61 Å². The number of anilines is 1. The van der Waals surface area contributed by atoms with Gasteiger partial charge >= 0.3 is 0 Å². The zero-order valence-electron chi connectivity index (χ0n) is 15.0. The first-order chi connectivity index (χ1) is 13.5. The lowest BCUT2D eigenvalue weighted by Gasteiger charge is -2.13. The molecule has 0 atom stereocenters. The lowest BCUT2D eigenvalue weighted by Crippen LogP contribution is -2.29. The molecule has 0 aliphatic rings. The molecule has 0 fully saturated rings. The fourth-order valence-electron chi connectivity index (χ4n) is 2.44. The van der Waals surface area contributed by atoms with E-state index in [2.05, 4.69) is 10.9 Å². The topological polar surface area (TPSA) is 59.6 Å². The number of methoxy groups -OCH3 is 1. The SMILES string of the molecule is COc1cc(C(=O)NNc2cccc(Cl)c2)ccc1OCc1ccc(Cl)cc1. The van der Waals surface area contributed by atoms with Gasteiger partial charge in [-0.3, -0.25) is 15.6 Å². The van der Waals surface area contributed by atoms with Crippen molar-refractivity contribution < 1.29 is 14.3 Å². The third kappa shape index (κ3) is 5.31. The van der Waals surface area contributed by atoms with Crippen LogP contribution in [0.5, 0.6) is 11.5 Å². The van der Waals surface area contributed by atoms with Gasteiger partial charge in [-0.2, -0.15) is 0 Å². The van der Waals surface area contributed by atoms with Crippen LogP contribution in [0.25, 0.3) is 0 Å². The van der Waals surface area contributed by atoms with E-state index in [0.29, 0.717) is 39.4 Å². The van der Waals surface area contributed by atoms with Crippen LogP contribution in [0.4, 0.5) is 5.69 Å². The van der Waals surface area contributed by atoms with E-state index in [1.165, 1.54) is 7.11 Å². The zero-order valence-corrected chi connectivity index (χ0v) is 16.6. The van der Waals surface area contributed by atoms with Crippen LogP contribution < -0.4 is 20.3 Å². The lowest BCUT2D eigenvalue weighted by atomic mass is 10.2. The predicted octanol–water partition coefficient (Wildman–Crippen LogP) is 5.34. The van der Waals surface area contributed by atoms with Crippen molar-refractivity contribution >= 4 is 34.8 Å². The molecule has 3 aromatic rings. The first kappa shape index (κ1) is 19.9. The fraction of sp³-hybridized carbons (Fsp3) is 0.0952. The van der Waals surface area contributed by atoms with Crippen molar-refractivity contribution in [3.05, 3.63) is 87.9 Å². The molecule has 0 aliphatic carbocycles. The molecule has 0 unspecified atom stereocenters. The van der Waals surface area contributed by atoms with Gasteiger partial charge in [0.25, 0.3) is 5.91 Å². The Balaban J connectivity index is 1.64. The highest BCUT2D eigenvalue weighted by Gasteiger charge is 2.11. The summed E-state index contributed by atoms with van der Waals surface area (Å²) in [7, 11) is 1.52. The molecule has 0 bridgehead atoms. The van der Waals surface area contributed by atoms with Crippen LogP contribution in [0, 0.1) is 0 Å². The van der Waals surface area contributed by atoms with Gasteiger partial charge in [0.05, 0.1) is 12.8 Å². The Hall–Kier alpha value is -2.89. The molecule has 0 saturated carbocycles. The number of carbonyl (C=O) groups is 1. The molecule has 0 aromatic heterocycles. The van der Waals surface area contributed by atoms with Crippen molar-refractivity contribution in [3.63, 3.8) is 0 Å². The Kier molecular flexibility index (Phi) is 6.63. The van der Waals surface area contributed by atoms with Gasteiger partial charge in [0.2, 0.25) is 0 Å². The van der Waals surface area contributed by atoms with Crippen LogP contribution in [0.3, 0.4) is 0 Å². The number of amides is 1. The van der Waals surface area contributed by atoms with E-state index in [9.17, 15) is 4.79 Å². The van der Waals surface area contributed by atoms with Gasteiger partial charge in [-0.1, -0.05) is 41.4 Å². The number of nitrogens with one attached hydrogen (secondary N) is 2. The highest BCUT2D eigenvalue weighted by atomic mass is 35.5. The van der Waals surface area contributed by atoms with Crippen molar-refractivity contribution in [3.8, 4) is 11.5 Å². The second kappa shape index (κ2) is 9.35. The van der Waals surface area contributed by atoms with E-state index in [-0.39, 0.29) is 5.91 Å². The van der Waals surface area contributed by atoms with E-state index >= 15 is 0 Å². The summed E-state index contributed by atoms with van der Waals surface area (Å²) >= 11 is 11.8. The Bertz CT molecular complexity index is 962. The van der Waals surface area contributed by atoms with Gasteiger partial charge in [0, 0.05) is 15.6 Å². The fourth-order valence-corrected chi connectivity index (χ4v) is 2.75. The molecule has 0 heterocycles. The molecule has 3 rings (SSSR count). The van der Waals surface area contributed by atoms with E-state index in [0.717, 1.165) is 5.56 Å². The minimum Gasteiger partial charge on any atom is -0.493 e. The van der Waals surface area contributed by atoms with Gasteiger partial charge in [-0.15, -0.1) is 0 Å². The molecule has 0 spiro atoms. The third-order valence-corrected chi connectivity index (χ3v) is 4.37. The predicted molar refractivity (Wildman–Crippen MR) is 111 cm³/mol. The van der Waals surface area contributed by atoms with Gasteiger partial charge in [-0.25, -0.2) is 0 Å². The van der Waals surface area contributed by atoms with Crippen LogP contribution >= 0.6 is 23.2 Å². The molecule has 0 radical (unpaired) electrons. The summed E-state index contributed by atoms with van der Waals surface area (Å²) < 4.78 is 11.2. The van der Waals surface area contributed by atoms with E-state index in [4.69, 9.17) is 32.7 Å². The molecule has 5 nitrogen and oxygen atoms in total. The highest BCUT2D eigenvalue weighted by molar-refractivity contribution is 6.31. The molecule has 0 saturated heterocycles. The minimum absolute atomic E-state index is 0.317. The maximum absolute atomic E-state index is 12.4. The molecule has 2 N–H and O–H groups in total. The molecule has 144 valence electrons. The number of hydrogen-bond acceptors (Lipinski definition) is 4. The summed E-state index contributed by atoms with van der Waals surface area (Å²) in [6.45, 7) is 0.357. The third-order valence-electron chi connectivity index (χ3n) is 3.88. The Labute approximate surface area is 173 Å². The van der Waals surface area contributed by atoms with Crippen molar-refractivity contribution in [2.75, 3.05) is 12.5 Å². The Morgan fingerprint density at radius 1 is 0.929 bits per heavy atom. The average molecular weight is 417 g/mol. The standard InChI is InChI=1S/C21H18Cl2N2O3/c1-27-20-11-15(21(26)25-24-18-4-2-3-17(23)12-18)7-10-19(20)28-13-14-5-8-16(22)9-6-14/h2-12,24H,13H2,1H3,(H,25,26). The number of ether oxygens (including phenoxy) is 2. The quantitative estimate of drug-likeness (QED) is 0.510. The van der Waals surface area contributed by atoms with Crippen molar-refractivity contribution in [2.45, 2.75) is 6.61 Å². The molecule has 7 heteroatoms. The van der Waals surface area contributed by atoms with Crippen molar-refractivity contribution in [1.82, 2.24) is 5.43 Å². The van der Waals surface area contributed by atoms with Crippen LogP contribution in [-0.2, 0) is 6.61 Å². The zero-order chi connectivity index (χ0) is 19.9. The first-order valence-corrected chi connectivity index (χ1v) is 9.18. The molecule has 28 heavy (non-hydrogen) atoms. The molecule has 3 aromatic carbocycles. The van der Waals surface area contributed by atoms with Gasteiger partial charge < -0.3 is 9.47 Å². The summed E-state index contributed by atoms with van der Waals surface area (Å²) in [5.41, 5.74) is 7.51.